The summed E-state index contributed by atoms with van der Waals surface area (Å²) >= 11 is 0. The fraction of sp³-hybridized carbons (Fsp3) is 0.353. The maximum atomic E-state index is 12.2. The lowest BCUT2D eigenvalue weighted by atomic mass is 10.1. The van der Waals surface area contributed by atoms with Crippen molar-refractivity contribution in [2.45, 2.75) is 25.8 Å². The van der Waals surface area contributed by atoms with E-state index in [1.807, 2.05) is 22.9 Å². The SMILES string of the molecule is O=C(NCCCn1ccnc1)c1cccc(N2CCCC2=O)c1. The minimum absolute atomic E-state index is 0.107. The van der Waals surface area contributed by atoms with Crippen molar-refractivity contribution >= 4 is 17.5 Å². The smallest absolute Gasteiger partial charge is 0.251 e. The van der Waals surface area contributed by atoms with E-state index in [4.69, 9.17) is 0 Å². The van der Waals surface area contributed by atoms with Gasteiger partial charge in [-0.3, -0.25) is 9.59 Å². The van der Waals surface area contributed by atoms with Crippen LogP contribution in [-0.4, -0.2) is 34.5 Å². The lowest BCUT2D eigenvalue weighted by Gasteiger charge is -2.16. The molecule has 1 aromatic heterocycles. The number of nitrogens with one attached hydrogen (secondary N) is 1. The molecule has 0 unspecified atom stereocenters. The van der Waals surface area contributed by atoms with E-state index in [2.05, 4.69) is 10.3 Å². The van der Waals surface area contributed by atoms with Crippen molar-refractivity contribution in [2.75, 3.05) is 18.0 Å². The number of rotatable bonds is 6. The van der Waals surface area contributed by atoms with Crippen LogP contribution in [-0.2, 0) is 11.3 Å². The molecule has 0 spiro atoms. The fourth-order valence-electron chi connectivity index (χ4n) is 2.72. The van der Waals surface area contributed by atoms with E-state index < -0.39 is 0 Å². The predicted octanol–water partition coefficient (Wildman–Crippen LogP) is 1.83. The summed E-state index contributed by atoms with van der Waals surface area (Å²) in [6.07, 6.45) is 7.71. The number of nitrogens with zero attached hydrogens (tertiary/aromatic N) is 3. The standard InChI is InChI=1S/C17H20N4O2/c22-16-6-2-10-21(16)15-5-1-4-14(12-15)17(23)19-7-3-9-20-11-8-18-13-20/h1,4-5,8,11-13H,2-3,6-7,9-10H2,(H,19,23). The van der Waals surface area contributed by atoms with Crippen molar-refractivity contribution in [3.05, 3.63) is 48.5 Å². The molecular weight excluding hydrogens is 292 g/mol. The number of aryl methyl sites for hydroxylation is 1. The van der Waals surface area contributed by atoms with Crippen LogP contribution < -0.4 is 10.2 Å². The van der Waals surface area contributed by atoms with Gasteiger partial charge in [-0.15, -0.1) is 0 Å². The highest BCUT2D eigenvalue weighted by molar-refractivity contribution is 5.99. The third kappa shape index (κ3) is 3.77. The Morgan fingerprint density at radius 1 is 1.35 bits per heavy atom. The minimum atomic E-state index is -0.107. The first kappa shape index (κ1) is 15.3. The molecule has 1 fully saturated rings. The summed E-state index contributed by atoms with van der Waals surface area (Å²) in [4.78, 5) is 29.7. The molecule has 2 heterocycles. The highest BCUT2D eigenvalue weighted by atomic mass is 16.2. The second-order valence-electron chi connectivity index (χ2n) is 5.61. The van der Waals surface area contributed by atoms with Gasteiger partial charge in [-0.1, -0.05) is 6.07 Å². The maximum absolute atomic E-state index is 12.2. The van der Waals surface area contributed by atoms with Gasteiger partial charge in [0.15, 0.2) is 0 Å². The molecule has 0 aliphatic carbocycles. The van der Waals surface area contributed by atoms with Crippen LogP contribution in [0.3, 0.4) is 0 Å². The van der Waals surface area contributed by atoms with Crippen LogP contribution in [0.2, 0.25) is 0 Å². The number of benzene rings is 1. The summed E-state index contributed by atoms with van der Waals surface area (Å²) in [5.41, 5.74) is 1.39. The van der Waals surface area contributed by atoms with Crippen LogP contribution in [0.25, 0.3) is 0 Å². The van der Waals surface area contributed by atoms with Crippen molar-refractivity contribution < 1.29 is 9.59 Å². The van der Waals surface area contributed by atoms with Gasteiger partial charge < -0.3 is 14.8 Å². The summed E-state index contributed by atoms with van der Waals surface area (Å²) in [5.74, 6) is 0.0204. The van der Waals surface area contributed by atoms with Gasteiger partial charge in [0.05, 0.1) is 6.33 Å². The average Bonchev–Trinajstić information content (AvgIpc) is 3.23. The van der Waals surface area contributed by atoms with Crippen molar-refractivity contribution in [3.63, 3.8) is 0 Å². The normalized spacial score (nSPS) is 14.3. The Morgan fingerprint density at radius 3 is 3.00 bits per heavy atom. The second-order valence-corrected chi connectivity index (χ2v) is 5.61. The summed E-state index contributed by atoms with van der Waals surface area (Å²) < 4.78 is 1.98. The predicted molar refractivity (Wildman–Crippen MR) is 87.2 cm³/mol. The highest BCUT2D eigenvalue weighted by Crippen LogP contribution is 2.22. The van der Waals surface area contributed by atoms with E-state index in [0.717, 1.165) is 31.6 Å². The molecule has 23 heavy (non-hydrogen) atoms. The van der Waals surface area contributed by atoms with E-state index in [0.29, 0.717) is 18.5 Å². The zero-order valence-corrected chi connectivity index (χ0v) is 12.9. The summed E-state index contributed by atoms with van der Waals surface area (Å²) in [7, 11) is 0. The molecule has 0 bridgehead atoms. The molecule has 6 heteroatoms. The van der Waals surface area contributed by atoms with Crippen molar-refractivity contribution in [3.8, 4) is 0 Å². The number of aromatic nitrogens is 2. The van der Waals surface area contributed by atoms with Crippen LogP contribution in [0, 0.1) is 0 Å². The molecule has 2 amide bonds. The van der Waals surface area contributed by atoms with Crippen LogP contribution in [0.15, 0.2) is 43.0 Å². The third-order valence-corrected chi connectivity index (χ3v) is 3.93. The van der Waals surface area contributed by atoms with E-state index in [9.17, 15) is 9.59 Å². The van der Waals surface area contributed by atoms with E-state index in [1.54, 1.807) is 29.6 Å². The van der Waals surface area contributed by atoms with E-state index in [1.165, 1.54) is 0 Å². The first-order valence-electron chi connectivity index (χ1n) is 7.88. The van der Waals surface area contributed by atoms with Crippen molar-refractivity contribution in [1.29, 1.82) is 0 Å². The Kier molecular flexibility index (Phi) is 4.71. The molecule has 120 valence electrons. The number of anilines is 1. The molecule has 1 aromatic carbocycles. The maximum Gasteiger partial charge on any atom is 0.251 e. The number of amides is 2. The number of carbonyl (C=O) groups is 2. The monoisotopic (exact) mass is 312 g/mol. The topological polar surface area (TPSA) is 67.2 Å². The Bertz CT molecular complexity index is 682. The van der Waals surface area contributed by atoms with Crippen LogP contribution >= 0.6 is 0 Å². The van der Waals surface area contributed by atoms with Crippen molar-refractivity contribution in [2.24, 2.45) is 0 Å². The molecule has 2 aromatic rings. The molecule has 3 rings (SSSR count). The largest absolute Gasteiger partial charge is 0.352 e. The molecule has 1 aliphatic rings. The zero-order valence-electron chi connectivity index (χ0n) is 12.9. The minimum Gasteiger partial charge on any atom is -0.352 e. The van der Waals surface area contributed by atoms with E-state index in [-0.39, 0.29) is 11.8 Å². The van der Waals surface area contributed by atoms with E-state index >= 15 is 0 Å². The van der Waals surface area contributed by atoms with Gasteiger partial charge in [-0.2, -0.15) is 0 Å². The number of hydrogen-bond acceptors (Lipinski definition) is 3. The number of carbonyl (C=O) groups excluding carboxylic acids is 2. The molecule has 0 atom stereocenters. The lowest BCUT2D eigenvalue weighted by Crippen LogP contribution is -2.27. The Labute approximate surface area is 135 Å². The summed E-state index contributed by atoms with van der Waals surface area (Å²) in [6.45, 7) is 2.15. The number of imidazole rings is 1. The van der Waals surface area contributed by atoms with Gasteiger partial charge >= 0.3 is 0 Å². The van der Waals surface area contributed by atoms with Gasteiger partial charge in [0, 0.05) is 49.7 Å². The van der Waals surface area contributed by atoms with Gasteiger partial charge in [0.2, 0.25) is 5.91 Å². The molecule has 0 radical (unpaired) electrons. The Balaban J connectivity index is 1.53. The zero-order chi connectivity index (χ0) is 16.1. The lowest BCUT2D eigenvalue weighted by molar-refractivity contribution is -0.117. The van der Waals surface area contributed by atoms with Crippen LogP contribution in [0.1, 0.15) is 29.6 Å². The van der Waals surface area contributed by atoms with Crippen LogP contribution in [0.4, 0.5) is 5.69 Å². The molecule has 1 N–H and O–H groups in total. The second kappa shape index (κ2) is 7.09. The Hall–Kier alpha value is -2.63. The fourth-order valence-corrected chi connectivity index (χ4v) is 2.72. The van der Waals surface area contributed by atoms with Crippen molar-refractivity contribution in [1.82, 2.24) is 14.9 Å². The third-order valence-electron chi connectivity index (χ3n) is 3.93. The van der Waals surface area contributed by atoms with Gasteiger partial charge in [-0.05, 0) is 31.0 Å². The number of hydrogen-bond donors (Lipinski definition) is 1. The summed E-state index contributed by atoms with van der Waals surface area (Å²) in [6, 6.07) is 7.25. The molecule has 1 aliphatic heterocycles. The first-order chi connectivity index (χ1) is 11.2. The molecular formula is C17H20N4O2. The van der Waals surface area contributed by atoms with Crippen LogP contribution in [0.5, 0.6) is 0 Å². The highest BCUT2D eigenvalue weighted by Gasteiger charge is 2.22. The molecule has 1 saturated heterocycles. The van der Waals surface area contributed by atoms with Gasteiger partial charge in [0.25, 0.3) is 5.91 Å². The quantitative estimate of drug-likeness (QED) is 0.828. The first-order valence-corrected chi connectivity index (χ1v) is 7.88. The van der Waals surface area contributed by atoms with Gasteiger partial charge in [0.1, 0.15) is 0 Å². The van der Waals surface area contributed by atoms with Gasteiger partial charge in [-0.25, -0.2) is 4.98 Å². The summed E-state index contributed by atoms with van der Waals surface area (Å²) in [5, 5.41) is 2.91. The molecule has 6 nitrogen and oxygen atoms in total. The average molecular weight is 312 g/mol. The Morgan fingerprint density at radius 2 is 2.26 bits per heavy atom. The molecule has 0 saturated carbocycles.